The van der Waals surface area contributed by atoms with Crippen molar-refractivity contribution in [2.24, 2.45) is 0 Å². The minimum Gasteiger partial charge on any atom is -0.307 e. The zero-order valence-corrected chi connectivity index (χ0v) is 24.6. The zero-order valence-electron chi connectivity index (χ0n) is 23.8. The van der Waals surface area contributed by atoms with Gasteiger partial charge in [-0.1, -0.05) is 121 Å². The molecule has 3 heterocycles. The number of rotatable bonds is 4. The van der Waals surface area contributed by atoms with Crippen LogP contribution < -0.4 is 0 Å². The molecule has 0 radical (unpaired) electrons. The average Bonchev–Trinajstić information content (AvgIpc) is 3.64. The van der Waals surface area contributed by atoms with E-state index in [1.165, 1.54) is 53.2 Å². The molecular formula is C41H26N2S. The topological polar surface area (TPSA) is 17.8 Å². The summed E-state index contributed by atoms with van der Waals surface area (Å²) >= 11 is 1.88. The third-order valence-electron chi connectivity index (χ3n) is 8.57. The average molecular weight is 579 g/mol. The summed E-state index contributed by atoms with van der Waals surface area (Å²) in [5.74, 6) is 0. The summed E-state index contributed by atoms with van der Waals surface area (Å²) in [6.07, 6.45) is 0. The maximum atomic E-state index is 5.23. The smallest absolute Gasteiger partial charge is 0.0728 e. The van der Waals surface area contributed by atoms with Gasteiger partial charge in [-0.2, -0.15) is 0 Å². The first-order chi connectivity index (χ1) is 21.8. The Kier molecular flexibility index (Phi) is 5.71. The van der Waals surface area contributed by atoms with Crippen molar-refractivity contribution in [3.05, 3.63) is 158 Å². The van der Waals surface area contributed by atoms with Crippen LogP contribution in [-0.2, 0) is 0 Å². The van der Waals surface area contributed by atoms with E-state index in [1.807, 2.05) is 11.3 Å². The van der Waals surface area contributed by atoms with Crippen molar-refractivity contribution in [1.82, 2.24) is 9.55 Å². The molecule has 0 saturated heterocycles. The fraction of sp³-hybridized carbons (Fsp3) is 0. The van der Waals surface area contributed by atoms with Crippen LogP contribution in [0.3, 0.4) is 0 Å². The third kappa shape index (κ3) is 3.98. The van der Waals surface area contributed by atoms with Crippen molar-refractivity contribution in [2.75, 3.05) is 0 Å². The predicted molar refractivity (Wildman–Crippen MR) is 188 cm³/mol. The van der Waals surface area contributed by atoms with Crippen molar-refractivity contribution in [3.63, 3.8) is 0 Å². The molecule has 6 aromatic carbocycles. The Morgan fingerprint density at radius 1 is 0.432 bits per heavy atom. The Morgan fingerprint density at radius 2 is 1.09 bits per heavy atom. The fourth-order valence-corrected chi connectivity index (χ4v) is 7.70. The van der Waals surface area contributed by atoms with Gasteiger partial charge >= 0.3 is 0 Å². The van der Waals surface area contributed by atoms with Crippen LogP contribution in [0.1, 0.15) is 0 Å². The zero-order chi connectivity index (χ0) is 29.0. The first kappa shape index (κ1) is 25.0. The van der Waals surface area contributed by atoms with E-state index in [-0.39, 0.29) is 0 Å². The van der Waals surface area contributed by atoms with Crippen LogP contribution in [0.15, 0.2) is 158 Å². The lowest BCUT2D eigenvalue weighted by atomic mass is 9.99. The first-order valence-electron chi connectivity index (χ1n) is 14.9. The molecule has 0 saturated carbocycles. The number of para-hydroxylation sites is 1. The summed E-state index contributed by atoms with van der Waals surface area (Å²) in [4.78, 5) is 5.23. The van der Waals surface area contributed by atoms with Crippen LogP contribution in [0, 0.1) is 0 Å². The maximum Gasteiger partial charge on any atom is 0.0728 e. The van der Waals surface area contributed by atoms with Gasteiger partial charge in [-0.15, -0.1) is 11.3 Å². The number of pyridine rings is 1. The Hall–Kier alpha value is -5.51. The highest BCUT2D eigenvalue weighted by molar-refractivity contribution is 7.26. The van der Waals surface area contributed by atoms with Gasteiger partial charge in [0.1, 0.15) is 0 Å². The van der Waals surface area contributed by atoms with Crippen molar-refractivity contribution in [2.45, 2.75) is 0 Å². The van der Waals surface area contributed by atoms with Gasteiger partial charge in [0.05, 0.1) is 27.1 Å². The van der Waals surface area contributed by atoms with Crippen LogP contribution >= 0.6 is 11.3 Å². The lowest BCUT2D eigenvalue weighted by molar-refractivity contribution is 1.19. The largest absolute Gasteiger partial charge is 0.307 e. The van der Waals surface area contributed by atoms with E-state index >= 15 is 0 Å². The molecule has 2 nitrogen and oxygen atoms in total. The van der Waals surface area contributed by atoms with Crippen molar-refractivity contribution in [3.8, 4) is 39.3 Å². The van der Waals surface area contributed by atoms with Gasteiger partial charge in [-0.25, -0.2) is 4.98 Å². The van der Waals surface area contributed by atoms with Crippen molar-refractivity contribution in [1.29, 1.82) is 0 Å². The molecule has 0 aliphatic heterocycles. The maximum absolute atomic E-state index is 5.23. The molecule has 0 fully saturated rings. The number of fused-ring (bicyclic) bond motifs is 7. The molecule has 3 heteroatoms. The number of aromatic nitrogens is 2. The number of benzene rings is 6. The molecule has 0 unspecified atom stereocenters. The molecule has 3 aromatic heterocycles. The second kappa shape index (κ2) is 10.0. The summed E-state index contributed by atoms with van der Waals surface area (Å²) in [7, 11) is 0. The second-order valence-electron chi connectivity index (χ2n) is 11.2. The molecule has 44 heavy (non-hydrogen) atoms. The van der Waals surface area contributed by atoms with E-state index < -0.39 is 0 Å². The fourth-order valence-electron chi connectivity index (χ4n) is 6.51. The molecule has 0 aliphatic carbocycles. The van der Waals surface area contributed by atoms with Crippen LogP contribution in [0.25, 0.3) is 81.3 Å². The van der Waals surface area contributed by atoms with Gasteiger partial charge in [-0.3, -0.25) is 0 Å². The molecule has 9 aromatic rings. The Balaban J connectivity index is 1.34. The molecule has 9 rings (SSSR count). The normalized spacial score (nSPS) is 11.6. The van der Waals surface area contributed by atoms with Crippen LogP contribution in [-0.4, -0.2) is 9.55 Å². The first-order valence-corrected chi connectivity index (χ1v) is 15.7. The van der Waals surface area contributed by atoms with Crippen molar-refractivity contribution >= 4 is 53.3 Å². The highest BCUT2D eigenvalue weighted by atomic mass is 32.1. The molecule has 0 atom stereocenters. The van der Waals surface area contributed by atoms with Crippen LogP contribution in [0.5, 0.6) is 0 Å². The van der Waals surface area contributed by atoms with Gasteiger partial charge in [0.15, 0.2) is 0 Å². The van der Waals surface area contributed by atoms with Crippen LogP contribution in [0.4, 0.5) is 0 Å². The molecule has 0 N–H and O–H groups in total. The quantitative estimate of drug-likeness (QED) is 0.203. The van der Waals surface area contributed by atoms with E-state index in [4.69, 9.17) is 4.98 Å². The lowest BCUT2D eigenvalue weighted by Gasteiger charge is -2.12. The van der Waals surface area contributed by atoms with Gasteiger partial charge in [-0.05, 0) is 52.9 Å². The molecule has 0 amide bonds. The highest BCUT2D eigenvalue weighted by Crippen LogP contribution is 2.45. The summed E-state index contributed by atoms with van der Waals surface area (Å²) in [6.45, 7) is 0. The molecule has 206 valence electrons. The third-order valence-corrected chi connectivity index (χ3v) is 9.76. The van der Waals surface area contributed by atoms with E-state index in [1.54, 1.807) is 0 Å². The van der Waals surface area contributed by atoms with Crippen LogP contribution in [0.2, 0.25) is 0 Å². The van der Waals surface area contributed by atoms with E-state index in [0.29, 0.717) is 0 Å². The Labute approximate surface area is 259 Å². The molecule has 0 bridgehead atoms. The molecular weight excluding hydrogens is 553 g/mol. The van der Waals surface area contributed by atoms with Crippen molar-refractivity contribution < 1.29 is 0 Å². The Bertz CT molecular complexity index is 2420. The number of thiophene rings is 1. The number of nitrogens with zero attached hydrogens (tertiary/aromatic N) is 2. The van der Waals surface area contributed by atoms with E-state index in [0.717, 1.165) is 28.1 Å². The second-order valence-corrected chi connectivity index (χ2v) is 12.3. The van der Waals surface area contributed by atoms with E-state index in [9.17, 15) is 0 Å². The minimum atomic E-state index is 0.972. The minimum absolute atomic E-state index is 0.972. The van der Waals surface area contributed by atoms with Gasteiger partial charge in [0.2, 0.25) is 0 Å². The van der Waals surface area contributed by atoms with Gasteiger partial charge in [0, 0.05) is 37.7 Å². The summed E-state index contributed by atoms with van der Waals surface area (Å²) in [5.41, 5.74) is 10.2. The van der Waals surface area contributed by atoms with Gasteiger partial charge < -0.3 is 4.57 Å². The van der Waals surface area contributed by atoms with Gasteiger partial charge in [0.25, 0.3) is 0 Å². The molecule has 0 spiro atoms. The molecule has 0 aliphatic rings. The lowest BCUT2D eigenvalue weighted by Crippen LogP contribution is -1.94. The number of hydrogen-bond acceptors (Lipinski definition) is 2. The summed E-state index contributed by atoms with van der Waals surface area (Å²) in [6, 6.07) is 56.4. The predicted octanol–water partition coefficient (Wildman–Crippen LogP) is 11.5. The SMILES string of the molecule is c1ccc(-c2cc(-c3ccccc3)nc(-c3ccc4sc5c6ccc7ccccc7c6n(-c6ccccc6)c5c4c3)c2)cc1. The van der Waals surface area contributed by atoms with E-state index in [2.05, 4.69) is 162 Å². The summed E-state index contributed by atoms with van der Waals surface area (Å²) < 4.78 is 5.07. The monoisotopic (exact) mass is 578 g/mol. The standard InChI is InChI=1S/C41H26N2S/c1-4-12-27(13-5-1)31-25-36(29-15-6-2-7-16-29)42-37(26-31)30-21-23-38-35(24-30)40-41(44-38)34-22-20-28-14-10-11-19-33(28)39(34)43(40)32-17-8-3-9-18-32/h1-26H. The summed E-state index contributed by atoms with van der Waals surface area (Å²) in [5, 5.41) is 5.06. The number of hydrogen-bond donors (Lipinski definition) is 0. The Morgan fingerprint density at radius 3 is 1.86 bits per heavy atom. The highest BCUT2D eigenvalue weighted by Gasteiger charge is 2.20.